The van der Waals surface area contributed by atoms with E-state index in [1.807, 2.05) is 97.1 Å². The van der Waals surface area contributed by atoms with Crippen molar-refractivity contribution in [3.8, 4) is 0 Å². The predicted molar refractivity (Wildman–Crippen MR) is 207 cm³/mol. The summed E-state index contributed by atoms with van der Waals surface area (Å²) in [6.07, 6.45) is 6.53. The Morgan fingerprint density at radius 3 is 1.18 bits per heavy atom. The Hall–Kier alpha value is -5.06. The maximum absolute atomic E-state index is 13.0. The summed E-state index contributed by atoms with van der Waals surface area (Å²) in [5.74, 6) is 0. The molecule has 0 aliphatic carbocycles. The number of benzene rings is 6. The van der Waals surface area contributed by atoms with Crippen molar-refractivity contribution in [3.05, 3.63) is 133 Å². The van der Waals surface area contributed by atoms with Crippen molar-refractivity contribution in [2.45, 2.75) is 48.3 Å². The van der Waals surface area contributed by atoms with E-state index in [9.17, 15) is 16.8 Å². The lowest BCUT2D eigenvalue weighted by Gasteiger charge is -2.12. The van der Waals surface area contributed by atoms with Crippen LogP contribution in [0.5, 0.6) is 0 Å². The van der Waals surface area contributed by atoms with Crippen molar-refractivity contribution in [2.24, 2.45) is 0 Å². The molecule has 4 N–H and O–H groups in total. The lowest BCUT2D eigenvalue weighted by molar-refractivity contribution is 0.599. The van der Waals surface area contributed by atoms with Crippen LogP contribution in [0.4, 0.5) is 22.7 Å². The Kier molecular flexibility index (Phi) is 11.2. The molecule has 0 saturated heterocycles. The molecule has 0 radical (unpaired) electrons. The smallest absolute Gasteiger partial charge is 0.261 e. The molecule has 6 aromatic carbocycles. The summed E-state index contributed by atoms with van der Waals surface area (Å²) in [7, 11) is -7.42. The first-order valence-electron chi connectivity index (χ1n) is 17.0. The van der Waals surface area contributed by atoms with E-state index in [0.29, 0.717) is 11.4 Å². The average Bonchev–Trinajstić information content (AvgIpc) is 3.12. The molecule has 0 amide bonds. The van der Waals surface area contributed by atoms with Crippen LogP contribution in [0.15, 0.2) is 143 Å². The van der Waals surface area contributed by atoms with Gasteiger partial charge in [-0.15, -0.1) is 0 Å². The largest absolute Gasteiger partial charge is 0.385 e. The number of rotatable bonds is 17. The highest BCUT2D eigenvalue weighted by molar-refractivity contribution is 7.93. The van der Waals surface area contributed by atoms with Gasteiger partial charge in [-0.2, -0.15) is 0 Å². The van der Waals surface area contributed by atoms with Crippen LogP contribution >= 0.6 is 0 Å². The van der Waals surface area contributed by atoms with Crippen LogP contribution in [0.1, 0.15) is 38.5 Å². The zero-order chi connectivity index (χ0) is 34.8. The molecule has 0 aromatic heterocycles. The molecule has 0 heterocycles. The number of sulfonamides is 2. The molecule has 0 atom stereocenters. The molecule has 50 heavy (non-hydrogen) atoms. The molecule has 6 rings (SSSR count). The number of hydrogen-bond acceptors (Lipinski definition) is 6. The number of hydrogen-bond donors (Lipinski definition) is 4. The van der Waals surface area contributed by atoms with Gasteiger partial charge in [-0.3, -0.25) is 9.44 Å². The van der Waals surface area contributed by atoms with Crippen molar-refractivity contribution >= 4 is 64.3 Å². The third-order valence-electron chi connectivity index (χ3n) is 8.55. The average molecular weight is 707 g/mol. The van der Waals surface area contributed by atoms with Gasteiger partial charge in [-0.1, -0.05) is 98.5 Å². The van der Waals surface area contributed by atoms with Gasteiger partial charge >= 0.3 is 0 Å². The monoisotopic (exact) mass is 706 g/mol. The molecular formula is C40H42N4O4S2. The number of unbranched alkanes of at least 4 members (excludes halogenated alkanes) is 5. The van der Waals surface area contributed by atoms with Crippen LogP contribution in [0.2, 0.25) is 0 Å². The third kappa shape index (κ3) is 9.34. The summed E-state index contributed by atoms with van der Waals surface area (Å²) in [6.45, 7) is 1.62. The topological polar surface area (TPSA) is 116 Å². The summed E-state index contributed by atoms with van der Waals surface area (Å²) in [6, 6.07) is 40.4. The molecule has 8 nitrogen and oxygen atoms in total. The van der Waals surface area contributed by atoms with Gasteiger partial charge in [0.15, 0.2) is 0 Å². The van der Waals surface area contributed by atoms with Gasteiger partial charge in [-0.05, 0) is 95.1 Å². The van der Waals surface area contributed by atoms with Gasteiger partial charge < -0.3 is 10.6 Å². The minimum absolute atomic E-state index is 0.234. The van der Waals surface area contributed by atoms with Crippen molar-refractivity contribution in [2.75, 3.05) is 33.2 Å². The molecule has 0 saturated carbocycles. The highest BCUT2D eigenvalue weighted by Crippen LogP contribution is 2.25. The second-order valence-corrected chi connectivity index (χ2v) is 15.7. The van der Waals surface area contributed by atoms with Crippen LogP contribution in [0, 0.1) is 0 Å². The minimum Gasteiger partial charge on any atom is -0.385 e. The van der Waals surface area contributed by atoms with Crippen molar-refractivity contribution in [1.29, 1.82) is 0 Å². The lowest BCUT2D eigenvalue weighted by atomic mass is 10.1. The summed E-state index contributed by atoms with van der Waals surface area (Å²) in [4.78, 5) is 0.469. The Morgan fingerprint density at radius 1 is 0.360 bits per heavy atom. The summed E-state index contributed by atoms with van der Waals surface area (Å²) in [5.41, 5.74) is 2.79. The van der Waals surface area contributed by atoms with Crippen molar-refractivity contribution < 1.29 is 16.8 Å². The van der Waals surface area contributed by atoms with E-state index in [4.69, 9.17) is 0 Å². The molecule has 0 bridgehead atoms. The van der Waals surface area contributed by atoms with Crippen molar-refractivity contribution in [3.63, 3.8) is 0 Å². The van der Waals surface area contributed by atoms with Crippen LogP contribution in [0.3, 0.4) is 0 Å². The van der Waals surface area contributed by atoms with E-state index in [2.05, 4.69) is 20.1 Å². The number of anilines is 4. The second-order valence-electron chi connectivity index (χ2n) is 12.4. The summed E-state index contributed by atoms with van der Waals surface area (Å²) in [5, 5.41) is 10.6. The van der Waals surface area contributed by atoms with Crippen LogP contribution in [-0.4, -0.2) is 29.9 Å². The number of nitrogens with one attached hydrogen (secondary N) is 4. The van der Waals surface area contributed by atoms with E-state index in [1.54, 1.807) is 36.4 Å². The van der Waals surface area contributed by atoms with Gasteiger partial charge in [0.1, 0.15) is 0 Å². The van der Waals surface area contributed by atoms with Crippen molar-refractivity contribution in [1.82, 2.24) is 0 Å². The fourth-order valence-corrected chi connectivity index (χ4v) is 8.07. The quantitative estimate of drug-likeness (QED) is 0.0703. The highest BCUT2D eigenvalue weighted by Gasteiger charge is 2.16. The van der Waals surface area contributed by atoms with E-state index in [1.165, 1.54) is 0 Å². The zero-order valence-electron chi connectivity index (χ0n) is 27.8. The lowest BCUT2D eigenvalue weighted by Crippen LogP contribution is -2.13. The van der Waals surface area contributed by atoms with Gasteiger partial charge in [0, 0.05) is 24.5 Å². The van der Waals surface area contributed by atoms with E-state index in [0.717, 1.165) is 84.5 Å². The molecule has 6 aromatic rings. The van der Waals surface area contributed by atoms with Gasteiger partial charge in [-0.25, -0.2) is 16.8 Å². The second kappa shape index (κ2) is 16.1. The summed E-state index contributed by atoms with van der Waals surface area (Å²) >= 11 is 0. The molecular weight excluding hydrogens is 665 g/mol. The molecule has 0 aliphatic rings. The fourth-order valence-electron chi connectivity index (χ4n) is 5.91. The Bertz CT molecular complexity index is 2130. The van der Waals surface area contributed by atoms with E-state index >= 15 is 0 Å². The highest BCUT2D eigenvalue weighted by atomic mass is 32.2. The number of fused-ring (bicyclic) bond motifs is 2. The first-order valence-corrected chi connectivity index (χ1v) is 19.9. The molecule has 0 unspecified atom stereocenters. The molecule has 0 fully saturated rings. The molecule has 10 heteroatoms. The van der Waals surface area contributed by atoms with Gasteiger partial charge in [0.2, 0.25) is 0 Å². The molecule has 0 spiro atoms. The maximum atomic E-state index is 13.0. The minimum atomic E-state index is -3.71. The summed E-state index contributed by atoms with van der Waals surface area (Å²) < 4.78 is 57.5. The van der Waals surface area contributed by atoms with Crippen LogP contribution in [-0.2, 0) is 20.0 Å². The first-order chi connectivity index (χ1) is 24.2. The fraction of sp³-hybridized carbons (Fsp3) is 0.200. The molecule has 0 aliphatic heterocycles. The standard InChI is InChI=1S/C40H42N4O4S2/c45-49(46,39-23-21-31-13-5-7-15-33(31)27-39)43-37-19-11-17-35(29-37)41-25-9-3-1-2-4-10-26-42-36-18-12-20-38(30-36)44-50(47,48)40-24-22-32-14-6-8-16-34(32)28-40/h5-8,11-24,27-30,41-44H,1-4,9-10,25-26H2. The predicted octanol–water partition coefficient (Wildman–Crippen LogP) is 9.46. The maximum Gasteiger partial charge on any atom is 0.261 e. The van der Waals surface area contributed by atoms with Crippen LogP contribution in [0.25, 0.3) is 21.5 Å². The Balaban J connectivity index is 0.864. The third-order valence-corrected chi connectivity index (χ3v) is 11.3. The normalized spacial score (nSPS) is 11.8. The van der Waals surface area contributed by atoms with Crippen LogP contribution < -0.4 is 20.1 Å². The first kappa shape index (κ1) is 34.8. The Labute approximate surface area is 295 Å². The van der Waals surface area contributed by atoms with Gasteiger partial charge in [0.05, 0.1) is 21.2 Å². The van der Waals surface area contributed by atoms with E-state index in [-0.39, 0.29) is 9.79 Å². The molecule has 258 valence electrons. The Morgan fingerprint density at radius 2 is 0.740 bits per heavy atom. The SMILES string of the molecule is O=S(=O)(Nc1cccc(NCCCCCCCCNc2cccc(NS(=O)(=O)c3ccc4ccccc4c3)c2)c1)c1ccc2ccccc2c1. The zero-order valence-corrected chi connectivity index (χ0v) is 29.4. The van der Waals surface area contributed by atoms with Gasteiger partial charge in [0.25, 0.3) is 20.0 Å². The van der Waals surface area contributed by atoms with E-state index < -0.39 is 20.0 Å².